The molecule has 0 aliphatic carbocycles. The molecule has 0 bridgehead atoms. The van der Waals surface area contributed by atoms with Crippen molar-refractivity contribution in [2.75, 3.05) is 12.4 Å². The second-order valence-electron chi connectivity index (χ2n) is 4.82. The summed E-state index contributed by atoms with van der Waals surface area (Å²) >= 11 is 3.27. The Labute approximate surface area is 142 Å². The smallest absolute Gasteiger partial charge is 0.322 e. The zero-order valence-electron chi connectivity index (χ0n) is 12.1. The molecule has 2 aromatic rings. The SMILES string of the molecule is CN(Cc1ccccc1Br)C(=O)Nc1c(F)c(F)c(F)c(F)c1F. The Balaban J connectivity index is 2.23. The van der Waals surface area contributed by atoms with E-state index in [0.717, 1.165) is 4.90 Å². The molecule has 0 radical (unpaired) electrons. The molecule has 24 heavy (non-hydrogen) atoms. The molecule has 0 saturated heterocycles. The summed E-state index contributed by atoms with van der Waals surface area (Å²) in [6.07, 6.45) is 0. The first-order valence-electron chi connectivity index (χ1n) is 6.51. The molecule has 2 rings (SSSR count). The summed E-state index contributed by atoms with van der Waals surface area (Å²) in [7, 11) is 1.31. The number of anilines is 1. The number of rotatable bonds is 3. The summed E-state index contributed by atoms with van der Waals surface area (Å²) in [5, 5.41) is 1.70. The van der Waals surface area contributed by atoms with Crippen molar-refractivity contribution in [3.63, 3.8) is 0 Å². The molecule has 0 aliphatic heterocycles. The topological polar surface area (TPSA) is 32.3 Å². The lowest BCUT2D eigenvalue weighted by atomic mass is 10.2. The van der Waals surface area contributed by atoms with Gasteiger partial charge in [0.2, 0.25) is 5.82 Å². The Morgan fingerprint density at radius 2 is 1.50 bits per heavy atom. The van der Waals surface area contributed by atoms with Crippen LogP contribution in [0.3, 0.4) is 0 Å². The summed E-state index contributed by atoms with van der Waals surface area (Å²) in [5.41, 5.74) is -0.706. The van der Waals surface area contributed by atoms with Crippen molar-refractivity contribution in [1.82, 2.24) is 4.90 Å². The van der Waals surface area contributed by atoms with E-state index in [1.54, 1.807) is 29.6 Å². The molecule has 0 aliphatic rings. The summed E-state index contributed by atoms with van der Waals surface area (Å²) in [6, 6.07) is 5.87. The minimum atomic E-state index is -2.29. The Morgan fingerprint density at radius 1 is 1.00 bits per heavy atom. The molecule has 3 nitrogen and oxygen atoms in total. The third-order valence-corrected chi connectivity index (χ3v) is 3.93. The number of nitrogens with zero attached hydrogens (tertiary/aromatic N) is 1. The van der Waals surface area contributed by atoms with E-state index in [4.69, 9.17) is 0 Å². The first-order chi connectivity index (χ1) is 11.2. The first-order valence-corrected chi connectivity index (χ1v) is 7.30. The van der Waals surface area contributed by atoms with E-state index < -0.39 is 40.8 Å². The van der Waals surface area contributed by atoms with Gasteiger partial charge in [-0.15, -0.1) is 0 Å². The van der Waals surface area contributed by atoms with Crippen LogP contribution in [0, 0.1) is 29.1 Å². The van der Waals surface area contributed by atoms with Crippen molar-refractivity contribution >= 4 is 27.6 Å². The van der Waals surface area contributed by atoms with E-state index in [-0.39, 0.29) is 6.54 Å². The van der Waals surface area contributed by atoms with Crippen LogP contribution in [0.15, 0.2) is 28.7 Å². The zero-order valence-corrected chi connectivity index (χ0v) is 13.7. The third-order valence-electron chi connectivity index (χ3n) is 3.15. The van der Waals surface area contributed by atoms with Gasteiger partial charge >= 0.3 is 6.03 Å². The maximum atomic E-state index is 13.6. The highest BCUT2D eigenvalue weighted by molar-refractivity contribution is 9.10. The highest BCUT2D eigenvalue weighted by atomic mass is 79.9. The highest BCUT2D eigenvalue weighted by Crippen LogP contribution is 2.27. The van der Waals surface area contributed by atoms with Crippen LogP contribution in [-0.4, -0.2) is 18.0 Å². The van der Waals surface area contributed by atoms with E-state index in [1.807, 2.05) is 0 Å². The van der Waals surface area contributed by atoms with Crippen LogP contribution in [0.1, 0.15) is 5.56 Å². The number of carbonyl (C=O) groups excluding carboxylic acids is 1. The van der Waals surface area contributed by atoms with Gasteiger partial charge in [-0.25, -0.2) is 26.7 Å². The van der Waals surface area contributed by atoms with E-state index >= 15 is 0 Å². The van der Waals surface area contributed by atoms with E-state index in [0.29, 0.717) is 10.0 Å². The molecule has 0 heterocycles. The average Bonchev–Trinajstić information content (AvgIpc) is 2.57. The molecule has 0 saturated carbocycles. The fourth-order valence-electron chi connectivity index (χ4n) is 1.87. The van der Waals surface area contributed by atoms with E-state index in [2.05, 4.69) is 15.9 Å². The minimum Gasteiger partial charge on any atom is -0.323 e. The van der Waals surface area contributed by atoms with Gasteiger partial charge in [0, 0.05) is 18.1 Å². The van der Waals surface area contributed by atoms with E-state index in [1.165, 1.54) is 7.05 Å². The number of hydrogen-bond donors (Lipinski definition) is 1. The average molecular weight is 409 g/mol. The molecule has 0 spiro atoms. The lowest BCUT2D eigenvalue weighted by molar-refractivity contribution is 0.220. The molecule has 2 amide bonds. The maximum absolute atomic E-state index is 13.6. The van der Waals surface area contributed by atoms with Crippen LogP contribution in [0.5, 0.6) is 0 Å². The number of halogens is 6. The third kappa shape index (κ3) is 3.50. The van der Waals surface area contributed by atoms with Crippen molar-refractivity contribution in [2.24, 2.45) is 0 Å². The summed E-state index contributed by atoms with van der Waals surface area (Å²) < 4.78 is 67.0. The molecule has 2 aromatic carbocycles. The Hall–Kier alpha value is -2.16. The molecule has 9 heteroatoms. The lowest BCUT2D eigenvalue weighted by Crippen LogP contribution is -2.32. The summed E-state index contributed by atoms with van der Waals surface area (Å²) in [6.45, 7) is 0.0443. The number of urea groups is 1. The van der Waals surface area contributed by atoms with Gasteiger partial charge < -0.3 is 10.2 Å². The molecule has 0 atom stereocenters. The van der Waals surface area contributed by atoms with Crippen LogP contribution in [0.4, 0.5) is 32.4 Å². The van der Waals surface area contributed by atoms with Gasteiger partial charge in [0.1, 0.15) is 5.69 Å². The minimum absolute atomic E-state index is 0.0443. The van der Waals surface area contributed by atoms with Gasteiger partial charge in [0.25, 0.3) is 0 Å². The van der Waals surface area contributed by atoms with Gasteiger partial charge in [-0.1, -0.05) is 34.1 Å². The Bertz CT molecular complexity index is 771. The molecule has 0 aromatic heterocycles. The quantitative estimate of drug-likeness (QED) is 0.441. The van der Waals surface area contributed by atoms with Gasteiger partial charge in [-0.3, -0.25) is 0 Å². The summed E-state index contributed by atoms with van der Waals surface area (Å²) in [4.78, 5) is 13.0. The van der Waals surface area contributed by atoms with Crippen LogP contribution in [0.2, 0.25) is 0 Å². The maximum Gasteiger partial charge on any atom is 0.322 e. The molecule has 128 valence electrons. The summed E-state index contributed by atoms with van der Waals surface area (Å²) in [5.74, 6) is -10.7. The zero-order chi connectivity index (χ0) is 18.0. The molecule has 1 N–H and O–H groups in total. The molecule has 0 fully saturated rings. The monoisotopic (exact) mass is 408 g/mol. The van der Waals surface area contributed by atoms with Crippen LogP contribution >= 0.6 is 15.9 Å². The van der Waals surface area contributed by atoms with Gasteiger partial charge in [0.15, 0.2) is 23.3 Å². The Morgan fingerprint density at radius 3 is 2.04 bits per heavy atom. The Kier molecular flexibility index (Phi) is 5.43. The van der Waals surface area contributed by atoms with E-state index in [9.17, 15) is 26.7 Å². The van der Waals surface area contributed by atoms with Crippen molar-refractivity contribution in [3.8, 4) is 0 Å². The number of benzene rings is 2. The van der Waals surface area contributed by atoms with Gasteiger partial charge in [-0.05, 0) is 11.6 Å². The second kappa shape index (κ2) is 7.16. The predicted octanol–water partition coefficient (Wildman–Crippen LogP) is 4.81. The van der Waals surface area contributed by atoms with Crippen molar-refractivity contribution in [1.29, 1.82) is 0 Å². The lowest BCUT2D eigenvalue weighted by Gasteiger charge is -2.19. The first kappa shape index (κ1) is 18.2. The number of nitrogens with one attached hydrogen (secondary N) is 1. The number of hydrogen-bond acceptors (Lipinski definition) is 1. The van der Waals surface area contributed by atoms with Gasteiger partial charge in [-0.2, -0.15) is 0 Å². The largest absolute Gasteiger partial charge is 0.323 e. The van der Waals surface area contributed by atoms with Gasteiger partial charge in [0.05, 0.1) is 0 Å². The fraction of sp³-hybridized carbons (Fsp3) is 0.133. The standard InChI is InChI=1S/C15H10BrF5N2O/c1-23(6-7-4-2-3-5-8(7)16)15(24)22-14-12(20)10(18)9(17)11(19)13(14)21/h2-5H,6H2,1H3,(H,22,24). The fourth-order valence-corrected chi connectivity index (χ4v) is 2.28. The number of amides is 2. The van der Waals surface area contributed by atoms with Crippen molar-refractivity contribution < 1.29 is 26.7 Å². The normalized spacial score (nSPS) is 10.6. The molecule has 0 unspecified atom stereocenters. The molecular formula is C15H10BrF5N2O. The second-order valence-corrected chi connectivity index (χ2v) is 5.68. The van der Waals surface area contributed by atoms with Crippen LogP contribution in [-0.2, 0) is 6.54 Å². The van der Waals surface area contributed by atoms with Crippen molar-refractivity contribution in [3.05, 3.63) is 63.4 Å². The van der Waals surface area contributed by atoms with Crippen LogP contribution in [0.25, 0.3) is 0 Å². The predicted molar refractivity (Wildman–Crippen MR) is 80.9 cm³/mol. The molecular weight excluding hydrogens is 399 g/mol. The highest BCUT2D eigenvalue weighted by Gasteiger charge is 2.27. The number of carbonyl (C=O) groups is 1. The van der Waals surface area contributed by atoms with Crippen LogP contribution < -0.4 is 5.32 Å². The van der Waals surface area contributed by atoms with Crippen molar-refractivity contribution in [2.45, 2.75) is 6.54 Å².